The molecule has 1 aromatic carbocycles. The van der Waals surface area contributed by atoms with E-state index in [0.717, 1.165) is 20.1 Å². The predicted octanol–water partition coefficient (Wildman–Crippen LogP) is 3.59. The lowest BCUT2D eigenvalue weighted by molar-refractivity contribution is 0.181. The molecule has 0 aliphatic carbocycles. The van der Waals surface area contributed by atoms with Gasteiger partial charge in [-0.2, -0.15) is 0 Å². The molecule has 3 heteroatoms. The van der Waals surface area contributed by atoms with E-state index in [1.54, 1.807) is 0 Å². The summed E-state index contributed by atoms with van der Waals surface area (Å²) in [4.78, 5) is 0.923. The minimum atomic E-state index is -0.120. The first kappa shape index (κ1) is 8.23. The van der Waals surface area contributed by atoms with Gasteiger partial charge in [0.1, 0.15) is 6.61 Å². The molecule has 2 aromatic rings. The molecule has 1 heterocycles. The van der Waals surface area contributed by atoms with Crippen LogP contribution in [0.5, 0.6) is 0 Å². The van der Waals surface area contributed by atoms with Crippen molar-refractivity contribution in [3.8, 4) is 0 Å². The second kappa shape index (κ2) is 3.17. The number of hydrogen-bond donors (Lipinski definition) is 0. The number of rotatable bonds is 1. The second-order valence-corrected chi connectivity index (χ2v) is 4.32. The molecule has 12 heavy (non-hydrogen) atoms. The van der Waals surface area contributed by atoms with E-state index in [1.165, 1.54) is 11.3 Å². The van der Waals surface area contributed by atoms with E-state index in [2.05, 4.69) is 15.9 Å². The maximum Gasteiger partial charge on any atom is 0.117 e. The maximum absolute atomic E-state index is 10.7. The zero-order valence-corrected chi connectivity index (χ0v) is 8.61. The van der Waals surface area contributed by atoms with Crippen molar-refractivity contribution in [2.24, 2.45) is 0 Å². The lowest BCUT2D eigenvalue weighted by Gasteiger charge is -1.93. The van der Waals surface area contributed by atoms with Crippen molar-refractivity contribution in [1.29, 1.82) is 0 Å². The molecule has 61 valence electrons. The summed E-state index contributed by atoms with van der Waals surface area (Å²) in [6.07, 6.45) is 0. The molecule has 1 radical (unpaired) electrons. The lowest BCUT2D eigenvalue weighted by atomic mass is 10.2. The molecule has 0 aliphatic heterocycles. The molecule has 0 unspecified atom stereocenters. The molecule has 0 fully saturated rings. The van der Waals surface area contributed by atoms with E-state index in [4.69, 9.17) is 0 Å². The molecular weight excluding hydrogens is 236 g/mol. The van der Waals surface area contributed by atoms with Crippen LogP contribution in [0, 0.1) is 0 Å². The Morgan fingerprint density at radius 3 is 2.92 bits per heavy atom. The van der Waals surface area contributed by atoms with Crippen LogP contribution in [0.1, 0.15) is 4.88 Å². The van der Waals surface area contributed by atoms with Crippen molar-refractivity contribution in [1.82, 2.24) is 0 Å². The predicted molar refractivity (Wildman–Crippen MR) is 53.9 cm³/mol. The van der Waals surface area contributed by atoms with Crippen LogP contribution in [-0.2, 0) is 11.7 Å². The second-order valence-electron chi connectivity index (χ2n) is 2.50. The first-order valence-corrected chi connectivity index (χ1v) is 5.23. The van der Waals surface area contributed by atoms with Gasteiger partial charge in [-0.05, 0) is 11.5 Å². The number of hydrogen-bond acceptors (Lipinski definition) is 1. The van der Waals surface area contributed by atoms with Crippen LogP contribution in [0.15, 0.2) is 28.1 Å². The fourth-order valence-electron chi connectivity index (χ4n) is 1.21. The highest BCUT2D eigenvalue weighted by Crippen LogP contribution is 2.31. The fraction of sp³-hybridized carbons (Fsp3) is 0.111. The third-order valence-corrected chi connectivity index (χ3v) is 3.47. The molecule has 1 aromatic heterocycles. The quantitative estimate of drug-likeness (QED) is 0.728. The van der Waals surface area contributed by atoms with Gasteiger partial charge in [0.25, 0.3) is 0 Å². The van der Waals surface area contributed by atoms with Gasteiger partial charge in [-0.25, -0.2) is 5.11 Å². The highest BCUT2D eigenvalue weighted by Gasteiger charge is 2.04. The summed E-state index contributed by atoms with van der Waals surface area (Å²) in [5, 5.41) is 15.0. The van der Waals surface area contributed by atoms with Crippen molar-refractivity contribution in [3.05, 3.63) is 32.9 Å². The first-order chi connectivity index (χ1) is 5.83. The Labute approximate surface area is 82.8 Å². The Hall–Kier alpha value is -0.380. The SMILES string of the molecule is [O]Cc1scc2c(Br)cccc12. The van der Waals surface area contributed by atoms with Crippen LogP contribution in [0.3, 0.4) is 0 Å². The number of benzene rings is 1. The Bertz CT molecular complexity index is 408. The minimum absolute atomic E-state index is 0.120. The molecule has 0 aliphatic rings. The third-order valence-electron chi connectivity index (χ3n) is 1.80. The van der Waals surface area contributed by atoms with E-state index in [9.17, 15) is 5.11 Å². The fourth-order valence-corrected chi connectivity index (χ4v) is 2.72. The average Bonchev–Trinajstić information content (AvgIpc) is 2.49. The number of thiophene rings is 1. The first-order valence-electron chi connectivity index (χ1n) is 3.55. The summed E-state index contributed by atoms with van der Waals surface area (Å²) in [7, 11) is 0. The smallest absolute Gasteiger partial charge is 0.117 e. The Balaban J connectivity index is 2.80. The monoisotopic (exact) mass is 241 g/mol. The van der Waals surface area contributed by atoms with Gasteiger partial charge in [0.2, 0.25) is 0 Å². The van der Waals surface area contributed by atoms with Crippen molar-refractivity contribution in [2.75, 3.05) is 0 Å². The van der Waals surface area contributed by atoms with E-state index in [0.29, 0.717) is 0 Å². The standard InChI is InChI=1S/C9H6BrOS/c10-8-3-1-2-6-7(8)5-12-9(6)4-11/h1-3,5H,4H2. The van der Waals surface area contributed by atoms with Crippen LogP contribution in [0.2, 0.25) is 0 Å². The molecule has 1 nitrogen and oxygen atoms in total. The summed E-state index contributed by atoms with van der Waals surface area (Å²) in [6.45, 7) is -0.120. The number of halogens is 1. The largest absolute Gasteiger partial charge is 0.231 e. The van der Waals surface area contributed by atoms with Crippen molar-refractivity contribution < 1.29 is 5.11 Å². The van der Waals surface area contributed by atoms with E-state index >= 15 is 0 Å². The molecular formula is C9H6BrOS. The van der Waals surface area contributed by atoms with Gasteiger partial charge in [0.05, 0.1) is 0 Å². The summed E-state index contributed by atoms with van der Waals surface area (Å²) >= 11 is 4.98. The Morgan fingerprint density at radius 2 is 2.17 bits per heavy atom. The van der Waals surface area contributed by atoms with Gasteiger partial charge >= 0.3 is 0 Å². The van der Waals surface area contributed by atoms with Gasteiger partial charge in [0, 0.05) is 20.1 Å². The molecule has 0 atom stereocenters. The minimum Gasteiger partial charge on any atom is -0.231 e. The van der Waals surface area contributed by atoms with Gasteiger partial charge in [0.15, 0.2) is 0 Å². The Kier molecular flexibility index (Phi) is 2.17. The van der Waals surface area contributed by atoms with Crippen LogP contribution in [-0.4, -0.2) is 0 Å². The Morgan fingerprint density at radius 1 is 1.33 bits per heavy atom. The average molecular weight is 242 g/mol. The van der Waals surface area contributed by atoms with Crippen LogP contribution in [0.4, 0.5) is 0 Å². The summed E-state index contributed by atoms with van der Waals surface area (Å²) in [6, 6.07) is 5.94. The van der Waals surface area contributed by atoms with Gasteiger partial charge < -0.3 is 0 Å². The van der Waals surface area contributed by atoms with Crippen molar-refractivity contribution in [3.63, 3.8) is 0 Å². The highest BCUT2D eigenvalue weighted by molar-refractivity contribution is 9.10. The molecule has 2 rings (SSSR count). The normalized spacial score (nSPS) is 10.8. The number of fused-ring (bicyclic) bond motifs is 1. The van der Waals surface area contributed by atoms with Crippen LogP contribution >= 0.6 is 27.3 Å². The van der Waals surface area contributed by atoms with Crippen molar-refractivity contribution in [2.45, 2.75) is 6.61 Å². The van der Waals surface area contributed by atoms with Gasteiger partial charge in [-0.3, -0.25) is 0 Å². The van der Waals surface area contributed by atoms with Gasteiger partial charge in [-0.15, -0.1) is 11.3 Å². The molecule has 0 spiro atoms. The molecule has 0 amide bonds. The summed E-state index contributed by atoms with van der Waals surface area (Å²) < 4.78 is 1.07. The van der Waals surface area contributed by atoms with Crippen molar-refractivity contribution >= 4 is 38.0 Å². The summed E-state index contributed by atoms with van der Waals surface area (Å²) in [5.41, 5.74) is 0. The molecule has 0 saturated heterocycles. The summed E-state index contributed by atoms with van der Waals surface area (Å²) in [5.74, 6) is 0. The van der Waals surface area contributed by atoms with E-state index in [-0.39, 0.29) is 6.61 Å². The maximum atomic E-state index is 10.7. The van der Waals surface area contributed by atoms with E-state index < -0.39 is 0 Å². The third kappa shape index (κ3) is 1.18. The zero-order valence-electron chi connectivity index (χ0n) is 6.21. The van der Waals surface area contributed by atoms with E-state index in [1.807, 2.05) is 23.6 Å². The topological polar surface area (TPSA) is 19.9 Å². The molecule has 0 saturated carbocycles. The van der Waals surface area contributed by atoms with Crippen LogP contribution in [0.25, 0.3) is 10.8 Å². The lowest BCUT2D eigenvalue weighted by Crippen LogP contribution is -1.74. The van der Waals surface area contributed by atoms with Gasteiger partial charge in [-0.1, -0.05) is 28.1 Å². The molecule has 0 N–H and O–H groups in total. The highest BCUT2D eigenvalue weighted by atomic mass is 79.9. The van der Waals surface area contributed by atoms with Crippen LogP contribution < -0.4 is 0 Å². The zero-order chi connectivity index (χ0) is 8.55. The molecule has 0 bridgehead atoms.